The Kier molecular flexibility index (Phi) is 6.51. The van der Waals surface area contributed by atoms with Gasteiger partial charge in [0.05, 0.1) is 0 Å². The first-order valence-electron chi connectivity index (χ1n) is 8.04. The molecular weight excluding hydrogens is 303 g/mol. The molecule has 0 unspecified atom stereocenters. The maximum absolute atomic E-state index is 12.5. The lowest BCUT2D eigenvalue weighted by molar-refractivity contribution is -0.274. The number of benzene rings is 1. The van der Waals surface area contributed by atoms with E-state index in [1.165, 1.54) is 12.1 Å². The Morgan fingerprint density at radius 2 is 1.70 bits per heavy atom. The van der Waals surface area contributed by atoms with Gasteiger partial charge in [-0.1, -0.05) is 40.7 Å². The Morgan fingerprint density at radius 1 is 1.09 bits per heavy atom. The van der Waals surface area contributed by atoms with Crippen molar-refractivity contribution in [2.24, 2.45) is 11.7 Å². The van der Waals surface area contributed by atoms with Crippen molar-refractivity contribution in [2.45, 2.75) is 71.7 Å². The third-order valence-electron chi connectivity index (χ3n) is 3.93. The number of hydrogen-bond acceptors (Lipinski definition) is 2. The number of aryl methyl sites for hydroxylation is 1. The van der Waals surface area contributed by atoms with Crippen LogP contribution in [-0.4, -0.2) is 12.4 Å². The van der Waals surface area contributed by atoms with Crippen LogP contribution in [0.5, 0.6) is 5.75 Å². The predicted octanol–water partition coefficient (Wildman–Crippen LogP) is 5.19. The summed E-state index contributed by atoms with van der Waals surface area (Å²) in [5.41, 5.74) is 7.47. The average Bonchev–Trinajstić information content (AvgIpc) is 2.35. The molecule has 1 atom stereocenters. The van der Waals surface area contributed by atoms with Gasteiger partial charge in [-0.25, -0.2) is 0 Å². The first kappa shape index (κ1) is 19.8. The van der Waals surface area contributed by atoms with Crippen LogP contribution in [0, 0.1) is 5.92 Å². The normalized spacial score (nSPS) is 14.2. The number of halogens is 3. The van der Waals surface area contributed by atoms with Gasteiger partial charge in [-0.3, -0.25) is 0 Å². The van der Waals surface area contributed by atoms with Crippen molar-refractivity contribution in [1.82, 2.24) is 0 Å². The van der Waals surface area contributed by atoms with E-state index in [-0.39, 0.29) is 17.2 Å². The van der Waals surface area contributed by atoms with Gasteiger partial charge >= 0.3 is 6.36 Å². The topological polar surface area (TPSA) is 35.2 Å². The van der Waals surface area contributed by atoms with Crippen LogP contribution in [0.25, 0.3) is 0 Å². The highest BCUT2D eigenvalue weighted by Gasteiger charge is 2.31. The van der Waals surface area contributed by atoms with Gasteiger partial charge in [-0.2, -0.15) is 0 Å². The summed E-state index contributed by atoms with van der Waals surface area (Å²) in [6, 6.07) is 5.02. The molecule has 0 saturated heterocycles. The molecule has 23 heavy (non-hydrogen) atoms. The zero-order chi connectivity index (χ0) is 17.8. The Bertz CT molecular complexity index is 504. The molecule has 0 radical (unpaired) electrons. The van der Waals surface area contributed by atoms with Gasteiger partial charge in [0.15, 0.2) is 0 Å². The standard InChI is InChI=1S/C18H28F3NO/c1-12(2)16(22)8-6-7-13-9-14(17(3,4)5)11-15(10-13)23-18(19,20)21/h9-12,16H,6-8,22H2,1-5H3/t16-/m1/s1. The molecule has 132 valence electrons. The van der Waals surface area contributed by atoms with Gasteiger partial charge in [0, 0.05) is 6.04 Å². The second-order valence-electron chi connectivity index (χ2n) is 7.46. The van der Waals surface area contributed by atoms with Gasteiger partial charge in [0.1, 0.15) is 5.75 Å². The Morgan fingerprint density at radius 3 is 2.17 bits per heavy atom. The molecule has 0 fully saturated rings. The van der Waals surface area contributed by atoms with Gasteiger partial charge in [-0.05, 0) is 53.9 Å². The minimum absolute atomic E-state index is 0.117. The van der Waals surface area contributed by atoms with Crippen LogP contribution in [0.4, 0.5) is 13.2 Å². The monoisotopic (exact) mass is 331 g/mol. The molecule has 1 rings (SSSR count). The van der Waals surface area contributed by atoms with Crippen molar-refractivity contribution in [3.8, 4) is 5.75 Å². The minimum atomic E-state index is -4.67. The zero-order valence-corrected chi connectivity index (χ0v) is 14.6. The first-order valence-corrected chi connectivity index (χ1v) is 8.04. The molecule has 0 bridgehead atoms. The van der Waals surface area contributed by atoms with E-state index in [2.05, 4.69) is 18.6 Å². The van der Waals surface area contributed by atoms with Crippen LogP contribution in [0.1, 0.15) is 58.6 Å². The highest BCUT2D eigenvalue weighted by atomic mass is 19.4. The third-order valence-corrected chi connectivity index (χ3v) is 3.93. The summed E-state index contributed by atoms with van der Waals surface area (Å²) in [6.07, 6.45) is -2.28. The van der Waals surface area contributed by atoms with E-state index in [9.17, 15) is 13.2 Å². The van der Waals surface area contributed by atoms with E-state index in [1.54, 1.807) is 0 Å². The highest BCUT2D eigenvalue weighted by molar-refractivity contribution is 5.38. The largest absolute Gasteiger partial charge is 0.573 e. The van der Waals surface area contributed by atoms with Crippen LogP contribution >= 0.6 is 0 Å². The summed E-state index contributed by atoms with van der Waals surface area (Å²) in [5.74, 6) is 0.258. The SMILES string of the molecule is CC(C)[C@H](N)CCCc1cc(OC(F)(F)F)cc(C(C)(C)C)c1. The van der Waals surface area contributed by atoms with Crippen molar-refractivity contribution in [2.75, 3.05) is 0 Å². The Labute approximate surface area is 137 Å². The molecule has 0 saturated carbocycles. The average molecular weight is 331 g/mol. The zero-order valence-electron chi connectivity index (χ0n) is 14.6. The summed E-state index contributed by atoms with van der Waals surface area (Å²) in [7, 11) is 0. The van der Waals surface area contributed by atoms with E-state index in [4.69, 9.17) is 5.73 Å². The summed E-state index contributed by atoms with van der Waals surface area (Å²) < 4.78 is 41.6. The van der Waals surface area contributed by atoms with E-state index in [0.717, 1.165) is 24.0 Å². The van der Waals surface area contributed by atoms with Gasteiger partial charge < -0.3 is 10.5 Å². The molecule has 0 heterocycles. The molecule has 1 aromatic rings. The second-order valence-corrected chi connectivity index (χ2v) is 7.46. The van der Waals surface area contributed by atoms with Gasteiger partial charge in [0.2, 0.25) is 0 Å². The summed E-state index contributed by atoms with van der Waals surface area (Å²) in [5, 5.41) is 0. The van der Waals surface area contributed by atoms with E-state index < -0.39 is 6.36 Å². The predicted molar refractivity (Wildman–Crippen MR) is 87.6 cm³/mol. The van der Waals surface area contributed by atoms with Crippen LogP contribution in [0.2, 0.25) is 0 Å². The Hall–Kier alpha value is -1.23. The van der Waals surface area contributed by atoms with Crippen LogP contribution in [-0.2, 0) is 11.8 Å². The fraction of sp³-hybridized carbons (Fsp3) is 0.667. The molecular formula is C18H28F3NO. The van der Waals surface area contributed by atoms with Crippen molar-refractivity contribution >= 4 is 0 Å². The number of alkyl halides is 3. The van der Waals surface area contributed by atoms with Crippen molar-refractivity contribution in [3.05, 3.63) is 29.3 Å². The molecule has 0 spiro atoms. The first-order chi connectivity index (χ1) is 10.4. The molecule has 5 heteroatoms. The lowest BCUT2D eigenvalue weighted by Gasteiger charge is -2.22. The summed E-state index contributed by atoms with van der Waals surface area (Å²) in [4.78, 5) is 0. The number of ether oxygens (including phenoxy) is 1. The smallest absolute Gasteiger partial charge is 0.406 e. The fourth-order valence-corrected chi connectivity index (χ4v) is 2.31. The number of nitrogens with two attached hydrogens (primary N) is 1. The summed E-state index contributed by atoms with van der Waals surface area (Å²) in [6.45, 7) is 10.1. The number of hydrogen-bond donors (Lipinski definition) is 1. The van der Waals surface area contributed by atoms with E-state index >= 15 is 0 Å². The van der Waals surface area contributed by atoms with Gasteiger partial charge in [0.25, 0.3) is 0 Å². The van der Waals surface area contributed by atoms with Crippen molar-refractivity contribution in [1.29, 1.82) is 0 Å². The lowest BCUT2D eigenvalue weighted by Crippen LogP contribution is -2.26. The second kappa shape index (κ2) is 7.56. The van der Waals surface area contributed by atoms with Gasteiger partial charge in [-0.15, -0.1) is 13.2 Å². The molecule has 0 aromatic heterocycles. The van der Waals surface area contributed by atoms with Crippen LogP contribution in [0.15, 0.2) is 18.2 Å². The molecule has 2 N–H and O–H groups in total. The fourth-order valence-electron chi connectivity index (χ4n) is 2.31. The van der Waals surface area contributed by atoms with E-state index in [0.29, 0.717) is 12.3 Å². The van der Waals surface area contributed by atoms with Crippen molar-refractivity contribution in [3.63, 3.8) is 0 Å². The minimum Gasteiger partial charge on any atom is -0.406 e. The molecule has 2 nitrogen and oxygen atoms in total. The maximum atomic E-state index is 12.5. The quantitative estimate of drug-likeness (QED) is 0.778. The molecule has 0 aliphatic heterocycles. The molecule has 0 amide bonds. The van der Waals surface area contributed by atoms with E-state index in [1.807, 2.05) is 26.8 Å². The third kappa shape index (κ3) is 7.25. The van der Waals surface area contributed by atoms with Crippen LogP contribution < -0.4 is 10.5 Å². The highest BCUT2D eigenvalue weighted by Crippen LogP contribution is 2.31. The Balaban J connectivity index is 2.91. The lowest BCUT2D eigenvalue weighted by atomic mass is 9.85. The molecule has 1 aromatic carbocycles. The summed E-state index contributed by atoms with van der Waals surface area (Å²) >= 11 is 0. The number of rotatable bonds is 6. The maximum Gasteiger partial charge on any atom is 0.573 e. The molecule has 0 aliphatic carbocycles. The molecule has 0 aliphatic rings. The van der Waals surface area contributed by atoms with Crippen LogP contribution in [0.3, 0.4) is 0 Å². The van der Waals surface area contributed by atoms with Crippen molar-refractivity contribution < 1.29 is 17.9 Å².